The van der Waals surface area contributed by atoms with Crippen molar-refractivity contribution < 1.29 is 14.3 Å². The maximum absolute atomic E-state index is 10.7. The Morgan fingerprint density at radius 1 is 1.28 bits per heavy atom. The van der Waals surface area contributed by atoms with Crippen molar-refractivity contribution >= 4 is 5.97 Å². The van der Waals surface area contributed by atoms with E-state index in [1.165, 1.54) is 45.4 Å². The molecular formula is C15H22O3. The lowest BCUT2D eigenvalue weighted by atomic mass is 9.29. The van der Waals surface area contributed by atoms with E-state index < -0.39 is 0 Å². The van der Waals surface area contributed by atoms with Crippen LogP contribution < -0.4 is 0 Å². The number of ether oxygens (including phenoxy) is 2. The molecule has 7 saturated carbocycles. The van der Waals surface area contributed by atoms with E-state index in [9.17, 15) is 4.79 Å². The minimum atomic E-state index is -0.249. The van der Waals surface area contributed by atoms with Gasteiger partial charge in [-0.2, -0.15) is 0 Å². The number of rotatable bonds is 4. The Bertz CT molecular complexity index is 372. The lowest BCUT2D eigenvalue weighted by molar-refractivity contribution is -0.271. The molecule has 3 nitrogen and oxygen atoms in total. The van der Waals surface area contributed by atoms with E-state index >= 15 is 0 Å². The van der Waals surface area contributed by atoms with Crippen LogP contribution in [0.3, 0.4) is 0 Å². The molecule has 18 heavy (non-hydrogen) atoms. The van der Waals surface area contributed by atoms with Crippen molar-refractivity contribution in [3.05, 3.63) is 0 Å². The molecule has 0 aromatic rings. The molecular weight excluding hydrogens is 228 g/mol. The molecule has 0 radical (unpaired) electrons. The average Bonchev–Trinajstić information content (AvgIpc) is 2.23. The maximum Gasteiger partial charge on any atom is 0.304 e. The van der Waals surface area contributed by atoms with Crippen LogP contribution in [0.1, 0.15) is 45.4 Å². The van der Waals surface area contributed by atoms with E-state index in [0.29, 0.717) is 5.41 Å². The molecule has 4 bridgehead atoms. The van der Waals surface area contributed by atoms with Crippen molar-refractivity contribution in [1.82, 2.24) is 0 Å². The molecule has 2 spiro atoms. The van der Waals surface area contributed by atoms with E-state index in [4.69, 9.17) is 9.47 Å². The molecule has 3 heteroatoms. The van der Waals surface area contributed by atoms with Gasteiger partial charge >= 0.3 is 5.97 Å². The summed E-state index contributed by atoms with van der Waals surface area (Å²) in [5, 5.41) is 0. The molecule has 7 aliphatic carbocycles. The van der Waals surface area contributed by atoms with E-state index in [2.05, 4.69) is 0 Å². The van der Waals surface area contributed by atoms with E-state index in [1.54, 1.807) is 0 Å². The topological polar surface area (TPSA) is 35.5 Å². The standard InChI is InChI=1S/C15H22O3/c1-10(16)18-9-17-6-13-12-2-11-3-14(5-12)7-15(13,4-11)8-14/h11-13H,2-9H2,1H3. The minimum absolute atomic E-state index is 0.142. The molecule has 100 valence electrons. The van der Waals surface area contributed by atoms with Gasteiger partial charge in [0.1, 0.15) is 0 Å². The zero-order valence-corrected chi connectivity index (χ0v) is 11.1. The summed E-state index contributed by atoms with van der Waals surface area (Å²) in [5.41, 5.74) is 1.39. The number of hydrogen-bond acceptors (Lipinski definition) is 3. The van der Waals surface area contributed by atoms with Crippen molar-refractivity contribution in [2.24, 2.45) is 28.6 Å². The van der Waals surface area contributed by atoms with E-state index in [1.807, 2.05) is 0 Å². The second-order valence-electron chi connectivity index (χ2n) is 7.42. The van der Waals surface area contributed by atoms with E-state index in [-0.39, 0.29) is 12.8 Å². The van der Waals surface area contributed by atoms with Crippen LogP contribution >= 0.6 is 0 Å². The lowest BCUT2D eigenvalue weighted by Crippen LogP contribution is -2.67. The first kappa shape index (κ1) is 11.3. The third kappa shape index (κ3) is 1.43. The fourth-order valence-electron chi connectivity index (χ4n) is 6.28. The second-order valence-corrected chi connectivity index (χ2v) is 7.42. The van der Waals surface area contributed by atoms with Crippen molar-refractivity contribution in [2.75, 3.05) is 13.4 Å². The molecule has 7 aliphatic rings. The van der Waals surface area contributed by atoms with Crippen LogP contribution in [0.15, 0.2) is 0 Å². The van der Waals surface area contributed by atoms with Crippen LogP contribution in [0.5, 0.6) is 0 Å². The zero-order chi connectivity index (χ0) is 12.4. The first-order valence-corrected chi connectivity index (χ1v) is 7.32. The summed E-state index contributed by atoms with van der Waals surface area (Å²) in [5.74, 6) is 2.42. The molecule has 0 heterocycles. The highest BCUT2D eigenvalue weighted by Gasteiger charge is 2.70. The number of carbonyl (C=O) groups is 1. The van der Waals surface area contributed by atoms with Crippen molar-refractivity contribution in [1.29, 1.82) is 0 Å². The van der Waals surface area contributed by atoms with Crippen molar-refractivity contribution in [3.63, 3.8) is 0 Å². The van der Waals surface area contributed by atoms with Crippen molar-refractivity contribution in [2.45, 2.75) is 45.4 Å². The number of carbonyl (C=O) groups excluding carboxylic acids is 1. The normalized spacial score (nSPS) is 51.1. The maximum atomic E-state index is 10.7. The van der Waals surface area contributed by atoms with E-state index in [0.717, 1.165) is 29.8 Å². The lowest BCUT2D eigenvalue weighted by Gasteiger charge is -2.76. The predicted molar refractivity (Wildman–Crippen MR) is 65.6 cm³/mol. The van der Waals surface area contributed by atoms with Crippen LogP contribution in [0.2, 0.25) is 0 Å². The van der Waals surface area contributed by atoms with Gasteiger partial charge in [-0.25, -0.2) is 0 Å². The van der Waals surface area contributed by atoms with Gasteiger partial charge in [-0.1, -0.05) is 0 Å². The Morgan fingerprint density at radius 2 is 2.11 bits per heavy atom. The van der Waals surface area contributed by atoms with Crippen LogP contribution in [0.25, 0.3) is 0 Å². The monoisotopic (exact) mass is 250 g/mol. The fraction of sp³-hybridized carbons (Fsp3) is 0.933. The first-order chi connectivity index (χ1) is 8.61. The highest BCUT2D eigenvalue weighted by Crippen LogP contribution is 2.79. The summed E-state index contributed by atoms with van der Waals surface area (Å²) >= 11 is 0. The van der Waals surface area contributed by atoms with Gasteiger partial charge in [0.2, 0.25) is 0 Å². The molecule has 0 saturated heterocycles. The Labute approximate surface area is 108 Å². The highest BCUT2D eigenvalue weighted by molar-refractivity contribution is 5.65. The van der Waals surface area contributed by atoms with Crippen LogP contribution in [-0.4, -0.2) is 19.4 Å². The van der Waals surface area contributed by atoms with Crippen LogP contribution in [0, 0.1) is 28.6 Å². The summed E-state index contributed by atoms with van der Waals surface area (Å²) in [6, 6.07) is 0. The van der Waals surface area contributed by atoms with Gasteiger partial charge in [0.15, 0.2) is 6.79 Å². The molecule has 3 atom stereocenters. The quantitative estimate of drug-likeness (QED) is 0.437. The van der Waals surface area contributed by atoms with Gasteiger partial charge in [-0.05, 0) is 67.1 Å². The molecule has 0 amide bonds. The Hall–Kier alpha value is -0.570. The molecule has 7 rings (SSSR count). The first-order valence-electron chi connectivity index (χ1n) is 7.32. The predicted octanol–water partition coefficient (Wildman–Crippen LogP) is 2.74. The number of hydrogen-bond donors (Lipinski definition) is 0. The number of esters is 1. The van der Waals surface area contributed by atoms with Crippen LogP contribution in [-0.2, 0) is 14.3 Å². The Morgan fingerprint density at radius 3 is 2.78 bits per heavy atom. The summed E-state index contributed by atoms with van der Waals surface area (Å²) in [6.45, 7) is 2.38. The van der Waals surface area contributed by atoms with Crippen molar-refractivity contribution in [3.8, 4) is 0 Å². The molecule has 0 N–H and O–H groups in total. The minimum Gasteiger partial charge on any atom is -0.439 e. The van der Waals surface area contributed by atoms with Gasteiger partial charge in [-0.3, -0.25) is 4.79 Å². The largest absolute Gasteiger partial charge is 0.439 e. The van der Waals surface area contributed by atoms with Gasteiger partial charge in [0, 0.05) is 6.92 Å². The Balaban J connectivity index is 1.39. The molecule has 0 aromatic heterocycles. The Kier molecular flexibility index (Phi) is 2.19. The molecule has 3 unspecified atom stereocenters. The molecule has 7 fully saturated rings. The second kappa shape index (κ2) is 3.50. The zero-order valence-electron chi connectivity index (χ0n) is 11.1. The fourth-order valence-corrected chi connectivity index (χ4v) is 6.28. The average molecular weight is 250 g/mol. The SMILES string of the molecule is CC(=O)OCOCC1C2CC3CC4(C2)CC1(C3)C4. The van der Waals surface area contributed by atoms with Gasteiger partial charge in [0.25, 0.3) is 0 Å². The van der Waals surface area contributed by atoms with Crippen LogP contribution in [0.4, 0.5) is 0 Å². The van der Waals surface area contributed by atoms with Gasteiger partial charge in [-0.15, -0.1) is 0 Å². The summed E-state index contributed by atoms with van der Waals surface area (Å²) in [4.78, 5) is 10.7. The highest BCUT2D eigenvalue weighted by atomic mass is 16.7. The molecule has 0 aliphatic heterocycles. The third-order valence-electron chi connectivity index (χ3n) is 6.20. The summed E-state index contributed by atoms with van der Waals surface area (Å²) in [7, 11) is 0. The smallest absolute Gasteiger partial charge is 0.304 e. The summed E-state index contributed by atoms with van der Waals surface area (Å²) < 4.78 is 10.5. The molecule has 0 aromatic carbocycles. The third-order valence-corrected chi connectivity index (χ3v) is 6.20. The van der Waals surface area contributed by atoms with Gasteiger partial charge in [0.05, 0.1) is 6.61 Å². The van der Waals surface area contributed by atoms with Gasteiger partial charge < -0.3 is 9.47 Å². The summed E-state index contributed by atoms with van der Waals surface area (Å²) in [6.07, 6.45) is 8.79.